The lowest BCUT2D eigenvalue weighted by molar-refractivity contribution is -0.148. The molecule has 0 aliphatic carbocycles. The van der Waals surface area contributed by atoms with Gasteiger partial charge in [0.1, 0.15) is 0 Å². The highest BCUT2D eigenvalue weighted by molar-refractivity contribution is 5.89. The van der Waals surface area contributed by atoms with Crippen LogP contribution in [0.1, 0.15) is 39.2 Å². The average molecular weight is 371 g/mol. The van der Waals surface area contributed by atoms with E-state index in [2.05, 4.69) is 31.4 Å². The minimum Gasteiger partial charge on any atom is -0.338 e. The molecule has 0 saturated carbocycles. The topological polar surface area (TPSA) is 44.4 Å². The van der Waals surface area contributed by atoms with Gasteiger partial charge in [0.2, 0.25) is 0 Å². The number of carbonyl (C=O) groups excluding carboxylic acids is 1. The number of benzene rings is 1. The summed E-state index contributed by atoms with van der Waals surface area (Å²) in [7, 11) is 0. The molecule has 0 atom stereocenters. The Kier molecular flexibility index (Phi) is 6.55. The zero-order chi connectivity index (χ0) is 19.4. The molecule has 1 aliphatic rings. The number of amides is 2. The van der Waals surface area contributed by atoms with Gasteiger partial charge in [0.15, 0.2) is 0 Å². The van der Waals surface area contributed by atoms with E-state index in [1.54, 1.807) is 0 Å². The molecular weight excluding hydrogens is 343 g/mol. The molecule has 146 valence electrons. The van der Waals surface area contributed by atoms with Crippen molar-refractivity contribution in [2.45, 2.75) is 45.2 Å². The monoisotopic (exact) mass is 371 g/mol. The van der Waals surface area contributed by atoms with Gasteiger partial charge in [0, 0.05) is 12.2 Å². The van der Waals surface area contributed by atoms with E-state index >= 15 is 0 Å². The standard InChI is InChI=1S/C19H28F3N3O/c1-18(2,3)15-4-6-16(7-5-15)24-17(26)23-12-14-8-10-25(11-9-14)13-19(20,21)22/h4-7,14H,8-13H2,1-3H3,(H2,23,24,26). The predicted octanol–water partition coefficient (Wildman–Crippen LogP) is 4.38. The maximum absolute atomic E-state index is 12.4. The number of anilines is 1. The van der Waals surface area contributed by atoms with Crippen molar-refractivity contribution in [3.05, 3.63) is 29.8 Å². The highest BCUT2D eigenvalue weighted by atomic mass is 19.4. The van der Waals surface area contributed by atoms with Crippen LogP contribution in [0.4, 0.5) is 23.7 Å². The van der Waals surface area contributed by atoms with Crippen molar-refractivity contribution in [3.8, 4) is 0 Å². The third-order valence-corrected chi connectivity index (χ3v) is 4.67. The number of rotatable bonds is 4. The van der Waals surface area contributed by atoms with E-state index in [-0.39, 0.29) is 17.4 Å². The predicted molar refractivity (Wildman–Crippen MR) is 97.4 cm³/mol. The molecule has 2 rings (SSSR count). The zero-order valence-corrected chi connectivity index (χ0v) is 15.6. The van der Waals surface area contributed by atoms with Gasteiger partial charge >= 0.3 is 12.2 Å². The molecule has 0 spiro atoms. The van der Waals surface area contributed by atoms with E-state index in [4.69, 9.17) is 0 Å². The number of nitrogens with zero attached hydrogens (tertiary/aromatic N) is 1. The van der Waals surface area contributed by atoms with E-state index in [1.165, 1.54) is 10.5 Å². The third-order valence-electron chi connectivity index (χ3n) is 4.67. The first kappa shape index (κ1) is 20.6. The number of nitrogens with one attached hydrogen (secondary N) is 2. The molecule has 1 aromatic rings. The second-order valence-corrected chi connectivity index (χ2v) is 8.00. The Morgan fingerprint density at radius 2 is 1.69 bits per heavy atom. The van der Waals surface area contributed by atoms with Gasteiger partial charge in [0.05, 0.1) is 6.54 Å². The van der Waals surface area contributed by atoms with Crippen LogP contribution < -0.4 is 10.6 Å². The molecule has 1 saturated heterocycles. The first-order valence-electron chi connectivity index (χ1n) is 8.97. The first-order valence-corrected chi connectivity index (χ1v) is 8.97. The Morgan fingerprint density at radius 1 is 1.12 bits per heavy atom. The number of urea groups is 1. The maximum Gasteiger partial charge on any atom is 0.401 e. The lowest BCUT2D eigenvalue weighted by Gasteiger charge is -2.32. The molecular formula is C19H28F3N3O. The largest absolute Gasteiger partial charge is 0.401 e. The van der Waals surface area contributed by atoms with Crippen LogP contribution in [0.15, 0.2) is 24.3 Å². The van der Waals surface area contributed by atoms with E-state index in [9.17, 15) is 18.0 Å². The molecule has 1 aliphatic heterocycles. The van der Waals surface area contributed by atoms with Crippen LogP contribution in [0.25, 0.3) is 0 Å². The minimum atomic E-state index is -4.15. The van der Waals surface area contributed by atoms with Crippen molar-refractivity contribution in [1.82, 2.24) is 10.2 Å². The molecule has 7 heteroatoms. The second-order valence-electron chi connectivity index (χ2n) is 8.00. The summed E-state index contributed by atoms with van der Waals surface area (Å²) >= 11 is 0. The Hall–Kier alpha value is -1.76. The Bertz CT molecular complexity index is 586. The van der Waals surface area contributed by atoms with Crippen LogP contribution in [0.5, 0.6) is 0 Å². The first-order chi connectivity index (χ1) is 12.0. The molecule has 4 nitrogen and oxygen atoms in total. The fraction of sp³-hybridized carbons (Fsp3) is 0.632. The molecule has 0 aromatic heterocycles. The number of carbonyl (C=O) groups is 1. The summed E-state index contributed by atoms with van der Waals surface area (Å²) in [5.41, 5.74) is 1.96. The number of piperidine rings is 1. The minimum absolute atomic E-state index is 0.0573. The molecule has 0 unspecified atom stereocenters. The molecule has 2 amide bonds. The fourth-order valence-electron chi connectivity index (χ4n) is 3.07. The van der Waals surface area contributed by atoms with Gasteiger partial charge in [-0.25, -0.2) is 4.79 Å². The lowest BCUT2D eigenvalue weighted by atomic mass is 9.87. The van der Waals surface area contributed by atoms with Crippen LogP contribution >= 0.6 is 0 Å². The van der Waals surface area contributed by atoms with Crippen molar-refractivity contribution in [2.24, 2.45) is 5.92 Å². The van der Waals surface area contributed by atoms with Crippen molar-refractivity contribution >= 4 is 11.7 Å². The van der Waals surface area contributed by atoms with Gasteiger partial charge in [-0.05, 0) is 55.0 Å². The summed E-state index contributed by atoms with van der Waals surface area (Å²) in [5, 5.41) is 5.61. The van der Waals surface area contributed by atoms with Crippen LogP contribution in [0.3, 0.4) is 0 Å². The number of hydrogen-bond acceptors (Lipinski definition) is 2. The average Bonchev–Trinajstić information content (AvgIpc) is 2.52. The molecule has 1 aromatic carbocycles. The number of likely N-dealkylation sites (tertiary alicyclic amines) is 1. The van der Waals surface area contributed by atoms with Gasteiger partial charge < -0.3 is 10.6 Å². The van der Waals surface area contributed by atoms with Crippen molar-refractivity contribution in [2.75, 3.05) is 31.5 Å². The van der Waals surface area contributed by atoms with Crippen molar-refractivity contribution in [1.29, 1.82) is 0 Å². The highest BCUT2D eigenvalue weighted by Crippen LogP contribution is 2.24. The normalized spacial score (nSPS) is 17.2. The summed E-state index contributed by atoms with van der Waals surface area (Å²) in [4.78, 5) is 13.4. The van der Waals surface area contributed by atoms with E-state index in [1.807, 2.05) is 24.3 Å². The molecule has 0 bridgehead atoms. The van der Waals surface area contributed by atoms with Crippen LogP contribution in [-0.4, -0.2) is 43.3 Å². The van der Waals surface area contributed by atoms with Crippen LogP contribution in [-0.2, 0) is 5.41 Å². The van der Waals surface area contributed by atoms with Gasteiger partial charge in [-0.2, -0.15) is 13.2 Å². The summed E-state index contributed by atoms with van der Waals surface area (Å²) < 4.78 is 37.1. The van der Waals surface area contributed by atoms with Gasteiger partial charge in [-0.3, -0.25) is 4.90 Å². The number of halogens is 3. The quantitative estimate of drug-likeness (QED) is 0.825. The molecule has 0 radical (unpaired) electrons. The second kappa shape index (κ2) is 8.29. The van der Waals surface area contributed by atoms with Gasteiger partial charge in [-0.15, -0.1) is 0 Å². The lowest BCUT2D eigenvalue weighted by Crippen LogP contribution is -2.43. The summed E-state index contributed by atoms with van der Waals surface area (Å²) in [6, 6.07) is 7.44. The number of hydrogen-bond donors (Lipinski definition) is 2. The van der Waals surface area contributed by atoms with Gasteiger partial charge in [-0.1, -0.05) is 32.9 Å². The Labute approximate surface area is 153 Å². The van der Waals surface area contributed by atoms with Crippen LogP contribution in [0, 0.1) is 5.92 Å². The summed E-state index contributed by atoms with van der Waals surface area (Å²) in [6.07, 6.45) is -2.82. The summed E-state index contributed by atoms with van der Waals surface area (Å²) in [5.74, 6) is 0.216. The van der Waals surface area contributed by atoms with Crippen LogP contribution in [0.2, 0.25) is 0 Å². The fourth-order valence-corrected chi connectivity index (χ4v) is 3.07. The highest BCUT2D eigenvalue weighted by Gasteiger charge is 2.32. The smallest absolute Gasteiger partial charge is 0.338 e. The van der Waals surface area contributed by atoms with E-state index in [0.717, 1.165) is 5.69 Å². The van der Waals surface area contributed by atoms with E-state index in [0.29, 0.717) is 32.5 Å². The van der Waals surface area contributed by atoms with Gasteiger partial charge in [0.25, 0.3) is 0 Å². The summed E-state index contributed by atoms with van der Waals surface area (Å²) in [6.45, 7) is 6.85. The SMILES string of the molecule is CC(C)(C)c1ccc(NC(=O)NCC2CCN(CC(F)(F)F)CC2)cc1. The molecule has 1 fully saturated rings. The van der Waals surface area contributed by atoms with Crippen molar-refractivity contribution in [3.63, 3.8) is 0 Å². The zero-order valence-electron chi connectivity index (χ0n) is 15.6. The Balaban J connectivity index is 1.71. The number of alkyl halides is 3. The molecule has 2 N–H and O–H groups in total. The Morgan fingerprint density at radius 3 is 2.19 bits per heavy atom. The third kappa shape index (κ3) is 6.86. The van der Waals surface area contributed by atoms with E-state index < -0.39 is 12.7 Å². The van der Waals surface area contributed by atoms with Crippen molar-refractivity contribution < 1.29 is 18.0 Å². The molecule has 26 heavy (non-hydrogen) atoms. The molecule has 1 heterocycles. The maximum atomic E-state index is 12.4.